The van der Waals surface area contributed by atoms with Crippen molar-refractivity contribution in [3.63, 3.8) is 0 Å². The summed E-state index contributed by atoms with van der Waals surface area (Å²) in [6.45, 7) is 4.74. The van der Waals surface area contributed by atoms with Gasteiger partial charge in [-0.05, 0) is 101 Å². The first-order valence-corrected chi connectivity index (χ1v) is 18.2. The molecule has 0 aliphatic heterocycles. The van der Waals surface area contributed by atoms with E-state index >= 15 is 0 Å². The van der Waals surface area contributed by atoms with Crippen molar-refractivity contribution >= 4 is 54.3 Å². The van der Waals surface area contributed by atoms with Crippen LogP contribution >= 0.6 is 0 Å². The van der Waals surface area contributed by atoms with E-state index in [1.165, 1.54) is 82.4 Å². The van der Waals surface area contributed by atoms with E-state index < -0.39 is 0 Å². The molecule has 0 fully saturated rings. The average Bonchev–Trinajstić information content (AvgIpc) is 3.68. The van der Waals surface area contributed by atoms with Gasteiger partial charge in [0.1, 0.15) is 11.2 Å². The van der Waals surface area contributed by atoms with Crippen LogP contribution in [-0.2, 0) is 5.41 Å². The zero-order valence-corrected chi connectivity index (χ0v) is 29.1. The summed E-state index contributed by atoms with van der Waals surface area (Å²) < 4.78 is 6.69. The Morgan fingerprint density at radius 3 is 1.87 bits per heavy atom. The van der Waals surface area contributed by atoms with Crippen molar-refractivity contribution in [2.24, 2.45) is 0 Å². The maximum atomic E-state index is 6.69. The van der Waals surface area contributed by atoms with E-state index in [1.54, 1.807) is 0 Å². The fraction of sp³-hybridized carbons (Fsp3) is 0.0588. The van der Waals surface area contributed by atoms with Crippen molar-refractivity contribution in [3.8, 4) is 44.5 Å². The zero-order chi connectivity index (χ0) is 34.6. The largest absolute Gasteiger partial charge is 0.455 e. The van der Waals surface area contributed by atoms with Crippen molar-refractivity contribution in [2.45, 2.75) is 19.3 Å². The van der Waals surface area contributed by atoms with Crippen molar-refractivity contribution in [2.75, 3.05) is 0 Å². The number of furan rings is 1. The van der Waals surface area contributed by atoms with Crippen molar-refractivity contribution in [1.82, 2.24) is 0 Å². The normalized spacial score (nSPS) is 13.3. The Bertz CT molecular complexity index is 3100. The van der Waals surface area contributed by atoms with E-state index in [-0.39, 0.29) is 5.41 Å². The third-order valence-electron chi connectivity index (χ3n) is 11.7. The molecular weight excluding hydrogens is 629 g/mol. The Morgan fingerprint density at radius 2 is 0.981 bits per heavy atom. The molecule has 0 N–H and O–H groups in total. The highest BCUT2D eigenvalue weighted by Crippen LogP contribution is 2.52. The second kappa shape index (κ2) is 10.8. The zero-order valence-electron chi connectivity index (χ0n) is 29.1. The molecule has 244 valence electrons. The molecule has 0 saturated heterocycles. The van der Waals surface area contributed by atoms with Crippen LogP contribution in [0.1, 0.15) is 25.0 Å². The monoisotopic (exact) mass is 662 g/mol. The summed E-state index contributed by atoms with van der Waals surface area (Å²) in [5.74, 6) is 0. The Morgan fingerprint density at radius 1 is 0.365 bits per heavy atom. The molecule has 11 rings (SSSR count). The summed E-state index contributed by atoms with van der Waals surface area (Å²) >= 11 is 0. The van der Waals surface area contributed by atoms with Gasteiger partial charge >= 0.3 is 0 Å². The number of fused-ring (bicyclic) bond motifs is 9. The predicted octanol–water partition coefficient (Wildman–Crippen LogP) is 14.4. The van der Waals surface area contributed by atoms with Gasteiger partial charge in [-0.25, -0.2) is 0 Å². The van der Waals surface area contributed by atoms with E-state index in [9.17, 15) is 0 Å². The fourth-order valence-corrected chi connectivity index (χ4v) is 9.13. The highest BCUT2D eigenvalue weighted by molar-refractivity contribution is 6.24. The van der Waals surface area contributed by atoms with Crippen LogP contribution in [0.4, 0.5) is 0 Å². The molecule has 1 heterocycles. The van der Waals surface area contributed by atoms with Crippen molar-refractivity contribution in [1.29, 1.82) is 0 Å². The van der Waals surface area contributed by atoms with E-state index in [0.717, 1.165) is 27.5 Å². The first-order chi connectivity index (χ1) is 25.5. The Kier molecular flexibility index (Phi) is 6.08. The van der Waals surface area contributed by atoms with Gasteiger partial charge in [0, 0.05) is 27.3 Å². The Balaban J connectivity index is 1.25. The molecule has 52 heavy (non-hydrogen) atoms. The van der Waals surface area contributed by atoms with Crippen LogP contribution < -0.4 is 0 Å². The first-order valence-electron chi connectivity index (χ1n) is 18.2. The highest BCUT2D eigenvalue weighted by Gasteiger charge is 2.35. The topological polar surface area (TPSA) is 13.1 Å². The van der Waals surface area contributed by atoms with Gasteiger partial charge in [0.25, 0.3) is 0 Å². The van der Waals surface area contributed by atoms with Crippen LogP contribution in [0.25, 0.3) is 98.8 Å². The molecule has 0 saturated carbocycles. The smallest absolute Gasteiger partial charge is 0.143 e. The second-order valence-corrected chi connectivity index (χ2v) is 14.8. The SMILES string of the molecule is CC1(C)c2ccccc2-c2ccc(-c3c4ccccc4c(-c4cccc5c4oc4ccccc45)c4ccc(-c5ccc6ccccc6c5)cc34)cc21. The third kappa shape index (κ3) is 4.11. The van der Waals surface area contributed by atoms with Gasteiger partial charge in [-0.1, -0.05) is 159 Å². The molecule has 1 aliphatic carbocycles. The van der Waals surface area contributed by atoms with E-state index in [0.29, 0.717) is 0 Å². The molecule has 1 heteroatoms. The van der Waals surface area contributed by atoms with Gasteiger partial charge in [-0.15, -0.1) is 0 Å². The lowest BCUT2D eigenvalue weighted by Crippen LogP contribution is -2.14. The molecule has 0 bridgehead atoms. The minimum atomic E-state index is -0.0966. The number of para-hydroxylation sites is 2. The number of hydrogen-bond donors (Lipinski definition) is 0. The number of benzene rings is 9. The second-order valence-electron chi connectivity index (χ2n) is 14.8. The lowest BCUT2D eigenvalue weighted by molar-refractivity contribution is 0.660. The molecule has 10 aromatic rings. The van der Waals surface area contributed by atoms with Crippen LogP contribution in [0.5, 0.6) is 0 Å². The quantitative estimate of drug-likeness (QED) is 0.172. The van der Waals surface area contributed by atoms with Crippen LogP contribution in [-0.4, -0.2) is 0 Å². The van der Waals surface area contributed by atoms with Gasteiger partial charge in [-0.3, -0.25) is 0 Å². The first kappa shape index (κ1) is 29.3. The summed E-state index contributed by atoms with van der Waals surface area (Å²) in [5, 5.41) is 9.70. The van der Waals surface area contributed by atoms with Crippen molar-refractivity contribution < 1.29 is 4.42 Å². The maximum absolute atomic E-state index is 6.69. The number of rotatable bonds is 3. The Labute approximate surface area is 302 Å². The summed E-state index contributed by atoms with van der Waals surface area (Å²) in [5.41, 5.74) is 14.4. The predicted molar refractivity (Wildman–Crippen MR) is 220 cm³/mol. The maximum Gasteiger partial charge on any atom is 0.143 e. The fourth-order valence-electron chi connectivity index (χ4n) is 9.13. The minimum Gasteiger partial charge on any atom is -0.455 e. The molecule has 0 amide bonds. The van der Waals surface area contributed by atoms with Gasteiger partial charge in [0.05, 0.1) is 0 Å². The van der Waals surface area contributed by atoms with E-state index in [1.807, 2.05) is 0 Å². The highest BCUT2D eigenvalue weighted by atomic mass is 16.3. The van der Waals surface area contributed by atoms with Gasteiger partial charge < -0.3 is 4.42 Å². The van der Waals surface area contributed by atoms with Crippen LogP contribution in [0.3, 0.4) is 0 Å². The molecular formula is C51H34O. The summed E-state index contributed by atoms with van der Waals surface area (Å²) in [6, 6.07) is 62.5. The summed E-state index contributed by atoms with van der Waals surface area (Å²) in [7, 11) is 0. The van der Waals surface area contributed by atoms with E-state index in [2.05, 4.69) is 184 Å². The van der Waals surface area contributed by atoms with Gasteiger partial charge in [0.15, 0.2) is 0 Å². The molecule has 1 aliphatic rings. The molecule has 1 nitrogen and oxygen atoms in total. The molecule has 0 unspecified atom stereocenters. The van der Waals surface area contributed by atoms with Crippen LogP contribution in [0.15, 0.2) is 174 Å². The number of hydrogen-bond acceptors (Lipinski definition) is 1. The standard InChI is InChI=1S/C51H34O/c1-51(2)45-20-9-7-14-36(45)37-26-25-35(30-46(37)51)48-39-16-5-6-17-40(39)49(43-19-11-18-42-38-15-8-10-21-47(38)52-50(42)43)41-27-24-34(29-44(41)48)33-23-22-31-12-3-4-13-32(31)28-33/h3-30H,1-2H3. The summed E-state index contributed by atoms with van der Waals surface area (Å²) in [6.07, 6.45) is 0. The van der Waals surface area contributed by atoms with Gasteiger partial charge in [-0.2, -0.15) is 0 Å². The van der Waals surface area contributed by atoms with Crippen LogP contribution in [0.2, 0.25) is 0 Å². The summed E-state index contributed by atoms with van der Waals surface area (Å²) in [4.78, 5) is 0. The average molecular weight is 663 g/mol. The Hall–Kier alpha value is -6.44. The lowest BCUT2D eigenvalue weighted by Gasteiger charge is -2.23. The van der Waals surface area contributed by atoms with E-state index in [4.69, 9.17) is 4.42 Å². The van der Waals surface area contributed by atoms with Crippen molar-refractivity contribution in [3.05, 3.63) is 181 Å². The minimum absolute atomic E-state index is 0.0966. The third-order valence-corrected chi connectivity index (χ3v) is 11.7. The molecule has 1 aromatic heterocycles. The molecule has 9 aromatic carbocycles. The van der Waals surface area contributed by atoms with Crippen LogP contribution in [0, 0.1) is 0 Å². The molecule has 0 atom stereocenters. The molecule has 0 radical (unpaired) electrons. The van der Waals surface area contributed by atoms with Gasteiger partial charge in [0.2, 0.25) is 0 Å². The lowest BCUT2D eigenvalue weighted by atomic mass is 9.80. The molecule has 0 spiro atoms.